The summed E-state index contributed by atoms with van der Waals surface area (Å²) < 4.78 is 0. The van der Waals surface area contributed by atoms with Crippen LogP contribution in [-0.2, 0) is 0 Å². The third-order valence-corrected chi connectivity index (χ3v) is 2.86. The van der Waals surface area contributed by atoms with E-state index in [0.29, 0.717) is 13.1 Å². The molecule has 0 fully saturated rings. The number of nitro groups is 1. The predicted molar refractivity (Wildman–Crippen MR) is 72.7 cm³/mol. The number of carboxylic acid groups (broad SMARTS) is 1. The number of aromatic carboxylic acids is 1. The quantitative estimate of drug-likeness (QED) is 0.631. The molecule has 1 N–H and O–H groups in total. The van der Waals surface area contributed by atoms with E-state index in [1.54, 1.807) is 18.7 Å². The summed E-state index contributed by atoms with van der Waals surface area (Å²) >= 11 is 0. The van der Waals surface area contributed by atoms with Crippen LogP contribution in [0, 0.1) is 27.4 Å². The van der Waals surface area contributed by atoms with Gasteiger partial charge in [0.1, 0.15) is 0 Å². The molecule has 0 saturated heterocycles. The van der Waals surface area contributed by atoms with E-state index >= 15 is 0 Å². The zero-order valence-electron chi connectivity index (χ0n) is 11.2. The van der Waals surface area contributed by atoms with Gasteiger partial charge in [0.15, 0.2) is 0 Å². The number of nitriles is 1. The minimum absolute atomic E-state index is 0.0115. The Kier molecular flexibility index (Phi) is 5.03. The third kappa shape index (κ3) is 3.45. The van der Waals surface area contributed by atoms with Crippen molar-refractivity contribution in [1.82, 2.24) is 0 Å². The van der Waals surface area contributed by atoms with Crippen LogP contribution in [0.1, 0.15) is 24.2 Å². The van der Waals surface area contributed by atoms with Gasteiger partial charge in [-0.05, 0) is 19.9 Å². The fourth-order valence-corrected chi connectivity index (χ4v) is 1.85. The Morgan fingerprint density at radius 2 is 2.25 bits per heavy atom. The highest BCUT2D eigenvalue weighted by Crippen LogP contribution is 2.27. The minimum Gasteiger partial charge on any atom is -0.478 e. The van der Waals surface area contributed by atoms with Gasteiger partial charge in [0.05, 0.1) is 28.2 Å². The number of non-ortho nitro benzene ring substituents is 1. The van der Waals surface area contributed by atoms with Gasteiger partial charge in [-0.2, -0.15) is 5.26 Å². The van der Waals surface area contributed by atoms with Gasteiger partial charge in [-0.25, -0.2) is 4.79 Å². The third-order valence-electron chi connectivity index (χ3n) is 2.86. The minimum atomic E-state index is -1.15. The lowest BCUT2D eigenvalue weighted by Gasteiger charge is -2.25. The van der Waals surface area contributed by atoms with Gasteiger partial charge >= 0.3 is 5.97 Å². The van der Waals surface area contributed by atoms with Crippen molar-refractivity contribution >= 4 is 17.3 Å². The predicted octanol–water partition coefficient (Wildman–Crippen LogP) is 2.28. The van der Waals surface area contributed by atoms with Crippen molar-refractivity contribution < 1.29 is 14.8 Å². The van der Waals surface area contributed by atoms with Crippen LogP contribution in [0.25, 0.3) is 0 Å². The molecule has 7 heteroatoms. The summed E-state index contributed by atoms with van der Waals surface area (Å²) in [6.07, 6.45) is 0. The number of nitrogens with zero attached hydrogens (tertiary/aromatic N) is 3. The Labute approximate surface area is 116 Å². The second-order valence-electron chi connectivity index (χ2n) is 4.33. The highest BCUT2D eigenvalue weighted by Gasteiger charge is 2.20. The molecule has 0 aliphatic carbocycles. The van der Waals surface area contributed by atoms with Crippen molar-refractivity contribution in [2.75, 3.05) is 18.0 Å². The number of benzene rings is 1. The van der Waals surface area contributed by atoms with E-state index in [9.17, 15) is 14.9 Å². The lowest BCUT2D eigenvalue weighted by atomic mass is 10.1. The Morgan fingerprint density at radius 3 is 2.70 bits per heavy atom. The molecule has 0 saturated carbocycles. The summed E-state index contributed by atoms with van der Waals surface area (Å²) in [5.74, 6) is -1.46. The lowest BCUT2D eigenvalue weighted by Crippen LogP contribution is -2.29. The van der Waals surface area contributed by atoms with E-state index in [0.717, 1.165) is 6.07 Å². The van der Waals surface area contributed by atoms with Gasteiger partial charge in [-0.15, -0.1) is 0 Å². The van der Waals surface area contributed by atoms with Crippen molar-refractivity contribution in [2.24, 2.45) is 5.92 Å². The Balaban J connectivity index is 3.29. The summed E-state index contributed by atoms with van der Waals surface area (Å²) in [6, 6.07) is 5.67. The smallest absolute Gasteiger partial charge is 0.337 e. The van der Waals surface area contributed by atoms with Gasteiger partial charge in [-0.3, -0.25) is 10.1 Å². The number of rotatable bonds is 6. The van der Waals surface area contributed by atoms with Crippen molar-refractivity contribution in [1.29, 1.82) is 5.26 Å². The molecule has 0 aliphatic rings. The van der Waals surface area contributed by atoms with E-state index in [1.165, 1.54) is 12.1 Å². The summed E-state index contributed by atoms with van der Waals surface area (Å²) in [5, 5.41) is 28.8. The molecule has 1 unspecified atom stereocenters. The molecule has 1 aromatic carbocycles. The Hall–Kier alpha value is -2.62. The van der Waals surface area contributed by atoms with E-state index in [-0.39, 0.29) is 22.9 Å². The van der Waals surface area contributed by atoms with Gasteiger partial charge < -0.3 is 10.0 Å². The van der Waals surface area contributed by atoms with Gasteiger partial charge in [0.25, 0.3) is 5.69 Å². The first-order valence-electron chi connectivity index (χ1n) is 6.07. The normalized spacial score (nSPS) is 11.4. The highest BCUT2D eigenvalue weighted by molar-refractivity contribution is 5.95. The van der Waals surface area contributed by atoms with Crippen LogP contribution in [0.4, 0.5) is 11.4 Å². The average molecular weight is 277 g/mol. The molecular formula is C13H15N3O4. The monoisotopic (exact) mass is 277 g/mol. The average Bonchev–Trinajstić information content (AvgIpc) is 2.43. The van der Waals surface area contributed by atoms with Crippen LogP contribution >= 0.6 is 0 Å². The molecule has 0 heterocycles. The number of carbonyl (C=O) groups is 1. The van der Waals surface area contributed by atoms with Crippen molar-refractivity contribution in [3.05, 3.63) is 33.9 Å². The molecule has 20 heavy (non-hydrogen) atoms. The fraction of sp³-hybridized carbons (Fsp3) is 0.385. The summed E-state index contributed by atoms with van der Waals surface area (Å²) in [6.45, 7) is 4.27. The zero-order chi connectivity index (χ0) is 15.3. The van der Waals surface area contributed by atoms with Crippen LogP contribution in [0.3, 0.4) is 0 Å². The van der Waals surface area contributed by atoms with Gasteiger partial charge in [0.2, 0.25) is 0 Å². The molecule has 1 aromatic rings. The summed E-state index contributed by atoms with van der Waals surface area (Å²) in [5.41, 5.74) is 0.0759. The van der Waals surface area contributed by atoms with E-state index in [4.69, 9.17) is 10.4 Å². The first kappa shape index (κ1) is 15.4. The molecule has 0 bridgehead atoms. The molecule has 0 aliphatic heterocycles. The van der Waals surface area contributed by atoms with Crippen LogP contribution in [0.2, 0.25) is 0 Å². The maximum absolute atomic E-state index is 11.2. The topological polar surface area (TPSA) is 107 Å². The molecule has 0 radical (unpaired) electrons. The number of anilines is 1. The first-order chi connectivity index (χ1) is 9.40. The van der Waals surface area contributed by atoms with Crippen molar-refractivity contribution in [3.8, 4) is 6.07 Å². The Morgan fingerprint density at radius 1 is 1.60 bits per heavy atom. The maximum atomic E-state index is 11.2. The number of hydrogen-bond acceptors (Lipinski definition) is 5. The lowest BCUT2D eigenvalue weighted by molar-refractivity contribution is -0.384. The van der Waals surface area contributed by atoms with Crippen LogP contribution < -0.4 is 4.90 Å². The molecule has 0 amide bonds. The molecule has 1 atom stereocenters. The number of carboxylic acids is 1. The zero-order valence-corrected chi connectivity index (χ0v) is 11.2. The molecule has 7 nitrogen and oxygen atoms in total. The molecule has 1 rings (SSSR count). The van der Waals surface area contributed by atoms with E-state index < -0.39 is 10.9 Å². The largest absolute Gasteiger partial charge is 0.478 e. The highest BCUT2D eigenvalue weighted by atomic mass is 16.6. The van der Waals surface area contributed by atoms with E-state index in [1.807, 2.05) is 0 Å². The van der Waals surface area contributed by atoms with Crippen LogP contribution in [0.15, 0.2) is 18.2 Å². The van der Waals surface area contributed by atoms with Crippen LogP contribution in [0.5, 0.6) is 0 Å². The SMILES string of the molecule is CCN(CC(C)C#N)c1cc([N+](=O)[O-])ccc1C(=O)O. The van der Waals surface area contributed by atoms with E-state index in [2.05, 4.69) is 6.07 Å². The summed E-state index contributed by atoms with van der Waals surface area (Å²) in [4.78, 5) is 23.1. The molecular weight excluding hydrogens is 262 g/mol. The second kappa shape index (κ2) is 6.52. The van der Waals surface area contributed by atoms with Gasteiger partial charge in [0, 0.05) is 25.2 Å². The maximum Gasteiger partial charge on any atom is 0.337 e. The molecule has 0 aromatic heterocycles. The number of nitro benzene ring substituents is 1. The number of hydrogen-bond donors (Lipinski definition) is 1. The van der Waals surface area contributed by atoms with Crippen LogP contribution in [-0.4, -0.2) is 29.1 Å². The van der Waals surface area contributed by atoms with Crippen molar-refractivity contribution in [2.45, 2.75) is 13.8 Å². The Bertz CT molecular complexity index is 565. The summed E-state index contributed by atoms with van der Waals surface area (Å²) in [7, 11) is 0. The fourth-order valence-electron chi connectivity index (χ4n) is 1.85. The standard InChI is InChI=1S/C13H15N3O4/c1-3-15(8-9(2)7-14)12-6-10(16(19)20)4-5-11(12)13(17)18/h4-6,9H,3,8H2,1-2H3,(H,17,18). The van der Waals surface area contributed by atoms with Gasteiger partial charge in [-0.1, -0.05) is 0 Å². The molecule has 106 valence electrons. The molecule has 0 spiro atoms. The first-order valence-corrected chi connectivity index (χ1v) is 6.07. The van der Waals surface area contributed by atoms with Crippen molar-refractivity contribution in [3.63, 3.8) is 0 Å². The second-order valence-corrected chi connectivity index (χ2v) is 4.33.